The van der Waals surface area contributed by atoms with Crippen molar-refractivity contribution < 1.29 is 29.0 Å². The van der Waals surface area contributed by atoms with E-state index in [1.165, 1.54) is 19.1 Å². The number of carbonyl (C=O) groups excluding carboxylic acids is 2. The van der Waals surface area contributed by atoms with Crippen molar-refractivity contribution in [3.63, 3.8) is 0 Å². The molecule has 3 rings (SSSR count). The fraction of sp³-hybridized carbons (Fsp3) is 0.353. The molecule has 1 aliphatic carbocycles. The van der Waals surface area contributed by atoms with E-state index in [-0.39, 0.29) is 12.6 Å². The highest BCUT2D eigenvalue weighted by Crippen LogP contribution is 2.38. The summed E-state index contributed by atoms with van der Waals surface area (Å²) < 4.78 is 10.5. The van der Waals surface area contributed by atoms with Gasteiger partial charge in [0, 0.05) is 11.6 Å². The van der Waals surface area contributed by atoms with Crippen molar-refractivity contribution in [1.29, 1.82) is 0 Å². The molecule has 0 bridgehead atoms. The molecule has 7 nitrogen and oxygen atoms in total. The molecule has 1 aromatic carbocycles. The summed E-state index contributed by atoms with van der Waals surface area (Å²) in [7, 11) is 0. The second-order valence-electron chi connectivity index (χ2n) is 5.79. The number of hydrogen-bond donors (Lipinski definition) is 2. The molecule has 0 saturated heterocycles. The van der Waals surface area contributed by atoms with Crippen LogP contribution in [0.25, 0.3) is 0 Å². The number of carboxylic acids is 1. The lowest BCUT2D eigenvalue weighted by Crippen LogP contribution is -2.35. The van der Waals surface area contributed by atoms with Gasteiger partial charge >= 0.3 is 5.97 Å². The highest BCUT2D eigenvalue weighted by molar-refractivity contribution is 6.05. The Bertz CT molecular complexity index is 739. The number of rotatable bonds is 4. The van der Waals surface area contributed by atoms with Gasteiger partial charge in [0.15, 0.2) is 17.3 Å². The third-order valence-corrected chi connectivity index (χ3v) is 4.24. The Morgan fingerprint density at radius 2 is 1.71 bits per heavy atom. The Morgan fingerprint density at radius 1 is 1.08 bits per heavy atom. The summed E-state index contributed by atoms with van der Waals surface area (Å²) in [6.45, 7) is 1.44. The van der Waals surface area contributed by atoms with Crippen LogP contribution in [0, 0.1) is 11.8 Å². The Hall–Kier alpha value is -2.83. The number of anilines is 1. The first-order valence-electron chi connectivity index (χ1n) is 7.60. The van der Waals surface area contributed by atoms with Gasteiger partial charge in [0.05, 0.1) is 17.5 Å². The molecular weight excluding hydrogens is 314 g/mol. The van der Waals surface area contributed by atoms with Crippen molar-refractivity contribution in [3.8, 4) is 11.5 Å². The van der Waals surface area contributed by atoms with E-state index in [1.54, 1.807) is 12.2 Å². The molecule has 1 amide bonds. The van der Waals surface area contributed by atoms with Gasteiger partial charge in [-0.05, 0) is 25.8 Å². The molecule has 2 aliphatic rings. The predicted octanol–water partition coefficient (Wildman–Crippen LogP) is 2.22. The van der Waals surface area contributed by atoms with Crippen LogP contribution < -0.4 is 14.8 Å². The summed E-state index contributed by atoms with van der Waals surface area (Å²) in [5.74, 6) is -2.23. The van der Waals surface area contributed by atoms with Crippen LogP contribution >= 0.6 is 0 Å². The molecule has 0 radical (unpaired) electrons. The Kier molecular flexibility index (Phi) is 4.24. The first-order valence-corrected chi connectivity index (χ1v) is 7.60. The third-order valence-electron chi connectivity index (χ3n) is 4.24. The lowest BCUT2D eigenvalue weighted by molar-refractivity contribution is -0.146. The highest BCUT2D eigenvalue weighted by atomic mass is 16.7. The monoisotopic (exact) mass is 331 g/mol. The van der Waals surface area contributed by atoms with Crippen molar-refractivity contribution in [1.82, 2.24) is 0 Å². The second-order valence-corrected chi connectivity index (χ2v) is 5.79. The number of ketones is 1. The number of benzene rings is 1. The van der Waals surface area contributed by atoms with E-state index in [2.05, 4.69) is 5.32 Å². The van der Waals surface area contributed by atoms with Gasteiger partial charge in [0.25, 0.3) is 0 Å². The van der Waals surface area contributed by atoms with Crippen LogP contribution in [0.5, 0.6) is 11.5 Å². The summed E-state index contributed by atoms with van der Waals surface area (Å²) in [6, 6.07) is 3.06. The van der Waals surface area contributed by atoms with E-state index in [9.17, 15) is 19.5 Å². The summed E-state index contributed by atoms with van der Waals surface area (Å²) >= 11 is 0. The normalized spacial score (nSPS) is 21.4. The van der Waals surface area contributed by atoms with Crippen molar-refractivity contribution >= 4 is 23.3 Å². The van der Waals surface area contributed by atoms with Crippen LogP contribution in [0.15, 0.2) is 24.3 Å². The predicted molar refractivity (Wildman–Crippen MR) is 84.2 cm³/mol. The number of fused-ring (bicyclic) bond motifs is 1. The smallest absolute Gasteiger partial charge is 0.307 e. The highest BCUT2D eigenvalue weighted by Gasteiger charge is 2.34. The summed E-state index contributed by atoms with van der Waals surface area (Å²) in [6.07, 6.45) is 4.23. The number of aliphatic carboxylic acids is 1. The van der Waals surface area contributed by atoms with Crippen LogP contribution in [-0.2, 0) is 9.59 Å². The van der Waals surface area contributed by atoms with Gasteiger partial charge in [0.2, 0.25) is 12.7 Å². The maximum atomic E-state index is 12.6. The van der Waals surface area contributed by atoms with Crippen LogP contribution in [0.2, 0.25) is 0 Å². The Labute approximate surface area is 138 Å². The molecule has 0 aromatic heterocycles. The lowest BCUT2D eigenvalue weighted by Gasteiger charge is -2.24. The van der Waals surface area contributed by atoms with E-state index in [0.717, 1.165) is 0 Å². The number of hydrogen-bond acceptors (Lipinski definition) is 5. The average molecular weight is 331 g/mol. The van der Waals surface area contributed by atoms with E-state index >= 15 is 0 Å². The van der Waals surface area contributed by atoms with E-state index in [4.69, 9.17) is 9.47 Å². The molecule has 0 saturated carbocycles. The standard InChI is InChI=1S/C17H17NO6/c1-9(19)12-6-14-15(24-8-23-14)7-13(12)18-16(20)10-4-2-3-5-11(10)17(21)22/h2-3,6-7,10-11H,4-5,8H2,1H3,(H,18,20)(H,21,22)/t10-,11-/m0/s1. The molecule has 0 spiro atoms. The molecule has 24 heavy (non-hydrogen) atoms. The minimum atomic E-state index is -1.00. The van der Waals surface area contributed by atoms with Gasteiger partial charge in [-0.1, -0.05) is 12.2 Å². The van der Waals surface area contributed by atoms with Gasteiger partial charge in [-0.3, -0.25) is 14.4 Å². The third kappa shape index (κ3) is 2.97. The quantitative estimate of drug-likeness (QED) is 0.648. The Morgan fingerprint density at radius 3 is 2.33 bits per heavy atom. The number of amides is 1. The van der Waals surface area contributed by atoms with Crippen LogP contribution in [0.4, 0.5) is 5.69 Å². The van der Waals surface area contributed by atoms with Gasteiger partial charge in [0.1, 0.15) is 0 Å². The fourth-order valence-electron chi connectivity index (χ4n) is 2.94. The maximum absolute atomic E-state index is 12.6. The van der Waals surface area contributed by atoms with Crippen LogP contribution in [0.1, 0.15) is 30.1 Å². The van der Waals surface area contributed by atoms with Crippen molar-refractivity contribution in [3.05, 3.63) is 29.8 Å². The average Bonchev–Trinajstić information content (AvgIpc) is 3.01. The van der Waals surface area contributed by atoms with Gasteiger partial charge < -0.3 is 19.9 Å². The van der Waals surface area contributed by atoms with Gasteiger partial charge in [-0.15, -0.1) is 0 Å². The van der Waals surface area contributed by atoms with Gasteiger partial charge in [-0.2, -0.15) is 0 Å². The molecule has 126 valence electrons. The first-order chi connectivity index (χ1) is 11.5. The largest absolute Gasteiger partial charge is 0.481 e. The number of Topliss-reactive ketones (excluding diaryl/α,β-unsaturated/α-hetero) is 1. The lowest BCUT2D eigenvalue weighted by atomic mass is 9.82. The number of allylic oxidation sites excluding steroid dienone is 2. The molecule has 0 unspecified atom stereocenters. The number of carbonyl (C=O) groups is 3. The minimum absolute atomic E-state index is 0.0542. The molecule has 7 heteroatoms. The fourth-order valence-corrected chi connectivity index (χ4v) is 2.94. The molecule has 1 heterocycles. The molecular formula is C17H17NO6. The molecule has 1 aromatic rings. The van der Waals surface area contributed by atoms with E-state index in [1.807, 2.05) is 0 Å². The molecule has 2 atom stereocenters. The molecule has 2 N–H and O–H groups in total. The maximum Gasteiger partial charge on any atom is 0.307 e. The second kappa shape index (κ2) is 6.35. The SMILES string of the molecule is CC(=O)c1cc2c(cc1NC(=O)[C@H]1CC=CC[C@@H]1C(=O)O)OCO2. The number of carboxylic acid groups (broad SMARTS) is 1. The summed E-state index contributed by atoms with van der Waals surface area (Å²) in [5, 5.41) is 12.0. The Balaban J connectivity index is 1.87. The molecule has 0 fully saturated rings. The van der Waals surface area contributed by atoms with Crippen molar-refractivity contribution in [2.24, 2.45) is 11.8 Å². The topological polar surface area (TPSA) is 102 Å². The van der Waals surface area contributed by atoms with Gasteiger partial charge in [-0.25, -0.2) is 0 Å². The number of ether oxygens (including phenoxy) is 2. The zero-order valence-electron chi connectivity index (χ0n) is 13.1. The zero-order valence-corrected chi connectivity index (χ0v) is 13.1. The molecule has 1 aliphatic heterocycles. The van der Waals surface area contributed by atoms with E-state index in [0.29, 0.717) is 35.6 Å². The van der Waals surface area contributed by atoms with E-state index < -0.39 is 23.7 Å². The van der Waals surface area contributed by atoms with Crippen LogP contribution in [-0.4, -0.2) is 29.6 Å². The van der Waals surface area contributed by atoms with Crippen LogP contribution in [0.3, 0.4) is 0 Å². The summed E-state index contributed by atoms with van der Waals surface area (Å²) in [5.41, 5.74) is 0.598. The minimum Gasteiger partial charge on any atom is -0.481 e. The van der Waals surface area contributed by atoms with Crippen molar-refractivity contribution in [2.75, 3.05) is 12.1 Å². The van der Waals surface area contributed by atoms with Crippen molar-refractivity contribution in [2.45, 2.75) is 19.8 Å². The zero-order chi connectivity index (χ0) is 17.3. The number of nitrogens with one attached hydrogen (secondary N) is 1. The summed E-state index contributed by atoms with van der Waals surface area (Å²) in [4.78, 5) is 35.8. The first kappa shape index (κ1) is 16.0.